The van der Waals surface area contributed by atoms with Crippen LogP contribution in [0, 0.1) is 0 Å². The molecule has 0 bridgehead atoms. The summed E-state index contributed by atoms with van der Waals surface area (Å²) >= 11 is 0. The van der Waals surface area contributed by atoms with Crippen LogP contribution in [0.4, 0.5) is 0 Å². The van der Waals surface area contributed by atoms with Gasteiger partial charge in [0.05, 0.1) is 35.8 Å². The molecule has 0 fully saturated rings. The lowest BCUT2D eigenvalue weighted by atomic mass is 10.0. The maximum atomic E-state index is 9.69. The topological polar surface area (TPSA) is 48.5 Å². The molecule has 3 aromatic heterocycles. The largest absolute Gasteiger partial charge is 0.309 e. The number of para-hydroxylation sites is 3. The van der Waals surface area contributed by atoms with Gasteiger partial charge in [0.2, 0.25) is 5.95 Å². The number of aromatic nitrogens is 5. The average molecular weight is 650 g/mol. The summed E-state index contributed by atoms with van der Waals surface area (Å²) in [6, 6.07) is 31.0. The Morgan fingerprint density at radius 3 is 1.60 bits per heavy atom. The minimum atomic E-state index is -0.539. The molecule has 0 radical (unpaired) electrons. The number of hydrogen-bond acceptors (Lipinski definition) is 3. The van der Waals surface area contributed by atoms with E-state index in [9.17, 15) is 5.48 Å². The smallest absolute Gasteiger partial charge is 0.238 e. The predicted octanol–water partition coefficient (Wildman–Crippen LogP) is 11.1. The quantitative estimate of drug-likeness (QED) is 0.186. The molecule has 10 aromatic rings. The third-order valence-electron chi connectivity index (χ3n) is 8.87. The Bertz CT molecular complexity index is 3410. The standard InChI is InChI=1S/C45H29N5/c1-4-14-30(15-5-1)31-24-26-33(27-25-31)44-46-43(32-16-6-2-7-17-32)47-45(48-44)50-39-23-13-11-21-37(39)41-40(50)29-28-36-35-20-10-12-22-38(35)49(42(36)41)34-18-8-3-9-19-34/h1-29H/i10D,11D,12D,13D,20D,21D,22D,23D,28D,29D. The molecule has 0 saturated heterocycles. The summed E-state index contributed by atoms with van der Waals surface area (Å²) in [5.74, 6) is 0.421. The Morgan fingerprint density at radius 1 is 0.400 bits per heavy atom. The lowest BCUT2D eigenvalue weighted by Gasteiger charge is -2.11. The Hall–Kier alpha value is -6.85. The molecule has 10 rings (SSSR count). The highest BCUT2D eigenvalue weighted by Gasteiger charge is 2.22. The van der Waals surface area contributed by atoms with E-state index < -0.39 is 48.3 Å². The summed E-state index contributed by atoms with van der Waals surface area (Å²) in [6.07, 6.45) is 0. The van der Waals surface area contributed by atoms with E-state index in [0.717, 1.165) is 11.1 Å². The molecule has 5 nitrogen and oxygen atoms in total. The average Bonchev–Trinajstić information content (AvgIpc) is 3.84. The van der Waals surface area contributed by atoms with Crippen molar-refractivity contribution in [2.24, 2.45) is 0 Å². The molecule has 7 aromatic carbocycles. The van der Waals surface area contributed by atoms with E-state index in [1.165, 1.54) is 4.57 Å². The van der Waals surface area contributed by atoms with Gasteiger partial charge in [0, 0.05) is 38.4 Å². The Morgan fingerprint density at radius 2 is 0.920 bits per heavy atom. The minimum absolute atomic E-state index is 0.000166. The van der Waals surface area contributed by atoms with Crippen molar-refractivity contribution in [3.05, 3.63) is 176 Å². The molecule has 0 aliphatic rings. The minimum Gasteiger partial charge on any atom is -0.309 e. The first kappa shape index (κ1) is 19.8. The molecule has 0 aliphatic carbocycles. The highest BCUT2D eigenvalue weighted by atomic mass is 15.2. The van der Waals surface area contributed by atoms with Gasteiger partial charge in [0.1, 0.15) is 0 Å². The highest BCUT2D eigenvalue weighted by Crippen LogP contribution is 2.41. The SMILES string of the molecule is [2H]c1c([2H])c([2H])c2c(c1[2H])c1c(c([2H])c([2H])c3c4c([2H])c([2H])c([2H])c([2H])c4n(-c4ccccc4)c31)n2-c1nc(-c2ccccc2)nc(-c2ccc(-c3ccccc3)cc2)n1. The summed E-state index contributed by atoms with van der Waals surface area (Å²) in [5.41, 5.74) is 3.86. The van der Waals surface area contributed by atoms with Crippen molar-refractivity contribution in [3.63, 3.8) is 0 Å². The van der Waals surface area contributed by atoms with Crippen LogP contribution >= 0.6 is 0 Å². The second-order valence-corrected chi connectivity index (χ2v) is 11.7. The molecule has 50 heavy (non-hydrogen) atoms. The Kier molecular flexibility index (Phi) is 4.52. The maximum Gasteiger partial charge on any atom is 0.238 e. The van der Waals surface area contributed by atoms with Gasteiger partial charge < -0.3 is 4.57 Å². The molecular weight excluding hydrogens is 611 g/mol. The lowest BCUT2D eigenvalue weighted by molar-refractivity contribution is 0.953. The first-order valence-corrected chi connectivity index (χ1v) is 16.0. The zero-order chi connectivity index (χ0) is 41.7. The van der Waals surface area contributed by atoms with Gasteiger partial charge in [-0.2, -0.15) is 9.97 Å². The number of nitrogens with zero attached hydrogens (tertiary/aromatic N) is 5. The van der Waals surface area contributed by atoms with E-state index >= 15 is 0 Å². The maximum absolute atomic E-state index is 9.69. The molecule has 0 spiro atoms. The summed E-state index contributed by atoms with van der Waals surface area (Å²) in [6.45, 7) is 0. The van der Waals surface area contributed by atoms with Crippen LogP contribution < -0.4 is 0 Å². The Labute approximate surface area is 302 Å². The predicted molar refractivity (Wildman–Crippen MR) is 205 cm³/mol. The second kappa shape index (κ2) is 11.4. The third kappa shape index (κ3) is 4.45. The van der Waals surface area contributed by atoms with Crippen molar-refractivity contribution in [3.8, 4) is 45.5 Å². The number of rotatable bonds is 5. The van der Waals surface area contributed by atoms with E-state index in [1.807, 2.05) is 84.9 Å². The van der Waals surface area contributed by atoms with Gasteiger partial charge in [-0.1, -0.05) is 145 Å². The van der Waals surface area contributed by atoms with Crippen LogP contribution in [0.1, 0.15) is 13.7 Å². The van der Waals surface area contributed by atoms with Gasteiger partial charge in [0.15, 0.2) is 11.6 Å². The van der Waals surface area contributed by atoms with Crippen molar-refractivity contribution in [2.45, 2.75) is 0 Å². The van der Waals surface area contributed by atoms with Gasteiger partial charge in [0.25, 0.3) is 0 Å². The first-order valence-electron chi connectivity index (χ1n) is 21.0. The molecule has 0 saturated carbocycles. The van der Waals surface area contributed by atoms with E-state index in [2.05, 4.69) is 0 Å². The molecule has 3 heterocycles. The van der Waals surface area contributed by atoms with E-state index in [1.54, 1.807) is 34.9 Å². The molecule has 0 atom stereocenters. The van der Waals surface area contributed by atoms with Crippen molar-refractivity contribution >= 4 is 43.6 Å². The van der Waals surface area contributed by atoms with Crippen molar-refractivity contribution < 1.29 is 13.7 Å². The fraction of sp³-hybridized carbons (Fsp3) is 0. The van der Waals surface area contributed by atoms with Gasteiger partial charge in [-0.05, 0) is 41.4 Å². The lowest BCUT2D eigenvalue weighted by Crippen LogP contribution is -2.06. The normalized spacial score (nSPS) is 14.4. The van der Waals surface area contributed by atoms with Crippen LogP contribution in [0.3, 0.4) is 0 Å². The number of fused-ring (bicyclic) bond motifs is 7. The van der Waals surface area contributed by atoms with E-state index in [4.69, 9.17) is 23.2 Å². The Balaban J connectivity index is 1.41. The summed E-state index contributed by atoms with van der Waals surface area (Å²) in [7, 11) is 0. The molecule has 234 valence electrons. The van der Waals surface area contributed by atoms with E-state index in [0.29, 0.717) is 16.8 Å². The van der Waals surface area contributed by atoms with Crippen molar-refractivity contribution in [1.82, 2.24) is 24.1 Å². The zero-order valence-electron chi connectivity index (χ0n) is 36.2. The molecule has 0 aliphatic heterocycles. The third-order valence-corrected chi connectivity index (χ3v) is 8.87. The fourth-order valence-electron chi connectivity index (χ4n) is 6.61. The molecule has 5 heteroatoms. The van der Waals surface area contributed by atoms with Crippen LogP contribution in [-0.4, -0.2) is 24.1 Å². The van der Waals surface area contributed by atoms with Crippen LogP contribution in [0.2, 0.25) is 0 Å². The fourth-order valence-corrected chi connectivity index (χ4v) is 6.61. The zero-order valence-corrected chi connectivity index (χ0v) is 26.2. The van der Waals surface area contributed by atoms with Crippen LogP contribution in [0.25, 0.3) is 89.2 Å². The van der Waals surface area contributed by atoms with Crippen LogP contribution in [0.15, 0.2) is 176 Å². The van der Waals surface area contributed by atoms with Crippen molar-refractivity contribution in [2.75, 3.05) is 0 Å². The summed E-state index contributed by atoms with van der Waals surface area (Å²) < 4.78 is 94.1. The highest BCUT2D eigenvalue weighted by molar-refractivity contribution is 6.26. The van der Waals surface area contributed by atoms with E-state index in [-0.39, 0.29) is 73.3 Å². The summed E-state index contributed by atoms with van der Waals surface area (Å²) in [4.78, 5) is 14.7. The van der Waals surface area contributed by atoms with Gasteiger partial charge in [-0.25, -0.2) is 4.98 Å². The summed E-state index contributed by atoms with van der Waals surface area (Å²) in [5, 5.41) is 0.167. The molecule has 0 N–H and O–H groups in total. The molecular formula is C45H29N5. The monoisotopic (exact) mass is 649 g/mol. The van der Waals surface area contributed by atoms with Gasteiger partial charge in [-0.3, -0.25) is 4.57 Å². The van der Waals surface area contributed by atoms with Gasteiger partial charge >= 0.3 is 0 Å². The first-order chi connectivity index (χ1) is 29.0. The van der Waals surface area contributed by atoms with Crippen LogP contribution in [-0.2, 0) is 0 Å². The molecule has 0 amide bonds. The second-order valence-electron chi connectivity index (χ2n) is 11.7. The van der Waals surface area contributed by atoms with Crippen LogP contribution in [0.5, 0.6) is 0 Å². The molecule has 0 unspecified atom stereocenters. The van der Waals surface area contributed by atoms with Crippen molar-refractivity contribution in [1.29, 1.82) is 0 Å². The van der Waals surface area contributed by atoms with Gasteiger partial charge in [-0.15, -0.1) is 0 Å². The number of benzene rings is 7. The number of hydrogen-bond donors (Lipinski definition) is 0.